The minimum absolute atomic E-state index is 0.452. The number of methoxy groups -OCH3 is 1. The summed E-state index contributed by atoms with van der Waals surface area (Å²) in [5.41, 5.74) is 3.17. The standard InChI is InChI=1S/C21H26N4O2S/c1-14-19(15(2)27-24-14)13-28-21-23-22-20(16-9-11-18(26-3)12-10-16)25(21)17-7-5-4-6-8-17/h9-12,17H,4-8,13H2,1-3H3. The Morgan fingerprint density at radius 2 is 1.86 bits per heavy atom. The fourth-order valence-corrected chi connectivity index (χ4v) is 4.98. The van der Waals surface area contributed by atoms with Crippen molar-refractivity contribution in [3.8, 4) is 17.1 Å². The Bertz CT molecular complexity index is 907. The second-order valence-electron chi connectivity index (χ2n) is 7.29. The van der Waals surface area contributed by atoms with E-state index in [0.717, 1.165) is 45.1 Å². The van der Waals surface area contributed by atoms with Gasteiger partial charge in [0.2, 0.25) is 0 Å². The first kappa shape index (κ1) is 19.1. The molecule has 2 aromatic heterocycles. The number of thioether (sulfide) groups is 1. The Morgan fingerprint density at radius 1 is 1.11 bits per heavy atom. The summed E-state index contributed by atoms with van der Waals surface area (Å²) < 4.78 is 13.0. The van der Waals surface area contributed by atoms with Crippen LogP contribution in [0, 0.1) is 13.8 Å². The van der Waals surface area contributed by atoms with Gasteiger partial charge in [0.15, 0.2) is 11.0 Å². The molecule has 0 bridgehead atoms. The van der Waals surface area contributed by atoms with Crippen molar-refractivity contribution in [2.45, 2.75) is 62.9 Å². The molecule has 0 spiro atoms. The molecule has 0 amide bonds. The van der Waals surface area contributed by atoms with Crippen LogP contribution < -0.4 is 4.74 Å². The van der Waals surface area contributed by atoms with Gasteiger partial charge in [-0.3, -0.25) is 4.57 Å². The van der Waals surface area contributed by atoms with Gasteiger partial charge in [-0.05, 0) is 51.0 Å². The topological polar surface area (TPSA) is 66.0 Å². The van der Waals surface area contributed by atoms with E-state index in [1.54, 1.807) is 18.9 Å². The fourth-order valence-electron chi connectivity index (χ4n) is 3.83. The van der Waals surface area contributed by atoms with Gasteiger partial charge in [0.25, 0.3) is 0 Å². The Balaban J connectivity index is 1.66. The average Bonchev–Trinajstić information content (AvgIpc) is 3.30. The van der Waals surface area contributed by atoms with Gasteiger partial charge in [-0.1, -0.05) is 36.2 Å². The van der Waals surface area contributed by atoms with Crippen molar-refractivity contribution < 1.29 is 9.26 Å². The van der Waals surface area contributed by atoms with E-state index in [0.29, 0.717) is 6.04 Å². The van der Waals surface area contributed by atoms with Crippen molar-refractivity contribution in [3.05, 3.63) is 41.3 Å². The smallest absolute Gasteiger partial charge is 0.192 e. The zero-order valence-electron chi connectivity index (χ0n) is 16.6. The third kappa shape index (κ3) is 3.81. The third-order valence-corrected chi connectivity index (χ3v) is 6.45. The summed E-state index contributed by atoms with van der Waals surface area (Å²) in [4.78, 5) is 0. The number of benzene rings is 1. The first-order valence-corrected chi connectivity index (χ1v) is 10.8. The minimum atomic E-state index is 0.452. The fraction of sp³-hybridized carbons (Fsp3) is 0.476. The lowest BCUT2D eigenvalue weighted by Gasteiger charge is -2.25. The minimum Gasteiger partial charge on any atom is -0.497 e. The molecule has 0 atom stereocenters. The normalized spacial score (nSPS) is 15.1. The van der Waals surface area contributed by atoms with E-state index >= 15 is 0 Å². The molecular formula is C21H26N4O2S. The second-order valence-corrected chi connectivity index (χ2v) is 8.23. The van der Waals surface area contributed by atoms with Gasteiger partial charge < -0.3 is 9.26 Å². The van der Waals surface area contributed by atoms with Crippen LogP contribution in [0.15, 0.2) is 33.9 Å². The summed E-state index contributed by atoms with van der Waals surface area (Å²) in [5.74, 6) is 3.45. The third-order valence-electron chi connectivity index (χ3n) is 5.48. The lowest BCUT2D eigenvalue weighted by Crippen LogP contribution is -2.15. The maximum atomic E-state index is 5.31. The molecule has 0 saturated heterocycles. The molecule has 0 N–H and O–H groups in total. The van der Waals surface area contributed by atoms with Crippen molar-refractivity contribution in [2.75, 3.05) is 7.11 Å². The molecule has 0 radical (unpaired) electrons. The van der Waals surface area contributed by atoms with Gasteiger partial charge in [0, 0.05) is 22.9 Å². The molecule has 7 heteroatoms. The number of nitrogens with zero attached hydrogens (tertiary/aromatic N) is 4. The van der Waals surface area contributed by atoms with E-state index in [1.807, 2.05) is 26.0 Å². The van der Waals surface area contributed by atoms with Crippen molar-refractivity contribution in [3.63, 3.8) is 0 Å². The van der Waals surface area contributed by atoms with Gasteiger partial charge in [0.1, 0.15) is 11.5 Å². The number of ether oxygens (including phenoxy) is 1. The molecule has 6 nitrogen and oxygen atoms in total. The van der Waals surface area contributed by atoms with Crippen molar-refractivity contribution in [2.24, 2.45) is 0 Å². The highest BCUT2D eigenvalue weighted by atomic mass is 32.2. The Hall–Kier alpha value is -2.28. The van der Waals surface area contributed by atoms with Gasteiger partial charge in [-0.25, -0.2) is 0 Å². The first-order chi connectivity index (χ1) is 13.7. The highest BCUT2D eigenvalue weighted by molar-refractivity contribution is 7.98. The Kier molecular flexibility index (Phi) is 5.71. The number of rotatable bonds is 6. The van der Waals surface area contributed by atoms with Crippen LogP contribution in [0.2, 0.25) is 0 Å². The molecule has 2 heterocycles. The highest BCUT2D eigenvalue weighted by Gasteiger charge is 2.24. The molecule has 1 aliphatic carbocycles. The van der Waals surface area contributed by atoms with E-state index in [1.165, 1.54) is 32.1 Å². The summed E-state index contributed by atoms with van der Waals surface area (Å²) in [6, 6.07) is 8.53. The number of hydrogen-bond acceptors (Lipinski definition) is 6. The van der Waals surface area contributed by atoms with Crippen LogP contribution in [-0.2, 0) is 5.75 Å². The number of aromatic nitrogens is 4. The van der Waals surface area contributed by atoms with Gasteiger partial charge >= 0.3 is 0 Å². The molecule has 0 aliphatic heterocycles. The van der Waals surface area contributed by atoms with E-state index < -0.39 is 0 Å². The molecule has 1 aliphatic rings. The molecular weight excluding hydrogens is 372 g/mol. The summed E-state index contributed by atoms with van der Waals surface area (Å²) in [7, 11) is 1.68. The predicted molar refractivity (Wildman–Crippen MR) is 110 cm³/mol. The molecule has 28 heavy (non-hydrogen) atoms. The summed E-state index contributed by atoms with van der Waals surface area (Å²) in [6.07, 6.45) is 6.20. The van der Waals surface area contributed by atoms with Crippen molar-refractivity contribution >= 4 is 11.8 Å². The zero-order chi connectivity index (χ0) is 19.5. The van der Waals surface area contributed by atoms with Crippen LogP contribution in [0.4, 0.5) is 0 Å². The van der Waals surface area contributed by atoms with Crippen LogP contribution in [0.5, 0.6) is 5.75 Å². The summed E-state index contributed by atoms with van der Waals surface area (Å²) in [5, 5.41) is 14.2. The van der Waals surface area contributed by atoms with Gasteiger partial charge in [-0.2, -0.15) is 0 Å². The first-order valence-electron chi connectivity index (χ1n) is 9.81. The quantitative estimate of drug-likeness (QED) is 0.521. The SMILES string of the molecule is COc1ccc(-c2nnc(SCc3c(C)noc3C)n2C2CCCCC2)cc1. The van der Waals surface area contributed by atoms with Crippen molar-refractivity contribution in [1.82, 2.24) is 19.9 Å². The zero-order valence-corrected chi connectivity index (χ0v) is 17.5. The monoisotopic (exact) mass is 398 g/mol. The lowest BCUT2D eigenvalue weighted by atomic mass is 9.95. The van der Waals surface area contributed by atoms with Crippen LogP contribution in [0.25, 0.3) is 11.4 Å². The van der Waals surface area contributed by atoms with Crippen molar-refractivity contribution in [1.29, 1.82) is 0 Å². The molecule has 1 fully saturated rings. The average molecular weight is 399 g/mol. The molecule has 1 aromatic carbocycles. The predicted octanol–water partition coefficient (Wildman–Crippen LogP) is 5.36. The summed E-state index contributed by atoms with van der Waals surface area (Å²) in [6.45, 7) is 3.95. The summed E-state index contributed by atoms with van der Waals surface area (Å²) >= 11 is 1.71. The lowest BCUT2D eigenvalue weighted by molar-refractivity contribution is 0.339. The molecule has 3 aromatic rings. The molecule has 0 unspecified atom stereocenters. The van der Waals surface area contributed by atoms with E-state index in [-0.39, 0.29) is 0 Å². The molecule has 1 saturated carbocycles. The van der Waals surface area contributed by atoms with Crippen LogP contribution in [-0.4, -0.2) is 27.0 Å². The number of aryl methyl sites for hydroxylation is 2. The maximum Gasteiger partial charge on any atom is 0.192 e. The second kappa shape index (κ2) is 8.39. The highest BCUT2D eigenvalue weighted by Crippen LogP contribution is 2.37. The largest absolute Gasteiger partial charge is 0.497 e. The van der Waals surface area contributed by atoms with E-state index in [4.69, 9.17) is 9.26 Å². The van der Waals surface area contributed by atoms with Crippen LogP contribution in [0.1, 0.15) is 55.2 Å². The Labute approximate surface area is 169 Å². The van der Waals surface area contributed by atoms with Gasteiger partial charge in [-0.15, -0.1) is 10.2 Å². The molecule has 4 rings (SSSR count). The Morgan fingerprint density at radius 3 is 2.50 bits per heavy atom. The maximum absolute atomic E-state index is 5.31. The van der Waals surface area contributed by atoms with Crippen LogP contribution >= 0.6 is 11.8 Å². The van der Waals surface area contributed by atoms with Crippen LogP contribution in [0.3, 0.4) is 0 Å². The van der Waals surface area contributed by atoms with E-state index in [2.05, 4.69) is 32.1 Å². The van der Waals surface area contributed by atoms with Gasteiger partial charge in [0.05, 0.1) is 12.8 Å². The molecule has 148 valence electrons. The number of hydrogen-bond donors (Lipinski definition) is 0. The van der Waals surface area contributed by atoms with E-state index in [9.17, 15) is 0 Å².